The van der Waals surface area contributed by atoms with Crippen LogP contribution in [0, 0.1) is 0 Å². The molecule has 100 valence electrons. The van der Waals surface area contributed by atoms with Crippen LogP contribution in [0.3, 0.4) is 0 Å². The van der Waals surface area contributed by atoms with Gasteiger partial charge < -0.3 is 16.2 Å². The molecule has 1 aromatic carbocycles. The van der Waals surface area contributed by atoms with E-state index in [-0.39, 0.29) is 6.61 Å². The first kappa shape index (κ1) is 13.8. The number of aliphatic hydroxyl groups is 1. The minimum atomic E-state index is -0.648. The maximum absolute atomic E-state index is 9.71. The van der Waals surface area contributed by atoms with Crippen molar-refractivity contribution in [2.24, 2.45) is 0 Å². The molecule has 1 unspecified atom stereocenters. The molecule has 0 saturated carbocycles. The predicted molar refractivity (Wildman–Crippen MR) is 78.6 cm³/mol. The van der Waals surface area contributed by atoms with Crippen LogP contribution in [-0.2, 0) is 5.54 Å². The van der Waals surface area contributed by atoms with Crippen LogP contribution in [-0.4, -0.2) is 21.7 Å². The molecule has 4 N–H and O–H groups in total. The van der Waals surface area contributed by atoms with Crippen molar-refractivity contribution in [2.75, 3.05) is 17.7 Å². The fourth-order valence-electron chi connectivity index (χ4n) is 1.74. The lowest BCUT2D eigenvalue weighted by molar-refractivity contribution is 0.223. The van der Waals surface area contributed by atoms with Gasteiger partial charge in [0.15, 0.2) is 0 Å². The smallest absolute Gasteiger partial charge is 0.146 e. The zero-order chi connectivity index (χ0) is 13.9. The van der Waals surface area contributed by atoms with E-state index in [0.717, 1.165) is 5.56 Å². The van der Waals surface area contributed by atoms with Gasteiger partial charge in [0, 0.05) is 0 Å². The van der Waals surface area contributed by atoms with Crippen molar-refractivity contribution in [2.45, 2.75) is 12.5 Å². The minimum absolute atomic E-state index is 0.0760. The molecule has 1 aromatic heterocycles. The Morgan fingerprint density at radius 1 is 1.32 bits per heavy atom. The van der Waals surface area contributed by atoms with Crippen LogP contribution >= 0.6 is 15.9 Å². The van der Waals surface area contributed by atoms with E-state index in [2.05, 4.69) is 31.2 Å². The van der Waals surface area contributed by atoms with E-state index in [1.807, 2.05) is 37.3 Å². The molecule has 6 heteroatoms. The monoisotopic (exact) mass is 322 g/mol. The summed E-state index contributed by atoms with van der Waals surface area (Å²) in [6, 6.07) is 9.67. The number of nitrogen functional groups attached to an aromatic ring is 1. The van der Waals surface area contributed by atoms with Crippen LogP contribution in [0.5, 0.6) is 0 Å². The zero-order valence-electron chi connectivity index (χ0n) is 10.5. The number of aliphatic hydroxyl groups excluding tert-OH is 1. The Morgan fingerprint density at radius 2 is 2.00 bits per heavy atom. The van der Waals surface area contributed by atoms with E-state index in [9.17, 15) is 5.11 Å². The highest BCUT2D eigenvalue weighted by atomic mass is 79.9. The largest absolute Gasteiger partial charge is 0.394 e. The lowest BCUT2D eigenvalue weighted by atomic mass is 9.93. The van der Waals surface area contributed by atoms with Gasteiger partial charge in [-0.25, -0.2) is 9.97 Å². The molecule has 1 atom stereocenters. The summed E-state index contributed by atoms with van der Waals surface area (Å²) in [6.45, 7) is 1.82. The Kier molecular flexibility index (Phi) is 4.01. The number of rotatable bonds is 4. The molecule has 0 spiro atoms. The van der Waals surface area contributed by atoms with Gasteiger partial charge in [0.1, 0.15) is 22.4 Å². The summed E-state index contributed by atoms with van der Waals surface area (Å²) in [5.74, 6) is 0.902. The molecule has 0 saturated heterocycles. The van der Waals surface area contributed by atoms with Gasteiger partial charge in [0.25, 0.3) is 0 Å². The standard InChI is InChI=1S/C13H15BrN4O/c1-13(7-19,9-5-3-2-4-6-9)18-12-10(14)11(15)16-8-17-12/h2-6,8,19H,7H2,1H3,(H3,15,16,17,18). The van der Waals surface area contributed by atoms with E-state index in [0.29, 0.717) is 16.1 Å². The molecular formula is C13H15BrN4O. The number of hydrogen-bond acceptors (Lipinski definition) is 5. The summed E-state index contributed by atoms with van der Waals surface area (Å²) >= 11 is 3.34. The molecule has 5 nitrogen and oxygen atoms in total. The molecule has 19 heavy (non-hydrogen) atoms. The van der Waals surface area contributed by atoms with E-state index >= 15 is 0 Å². The Hall–Kier alpha value is -1.66. The second-order valence-electron chi connectivity index (χ2n) is 4.40. The number of benzene rings is 1. The zero-order valence-corrected chi connectivity index (χ0v) is 12.1. The second-order valence-corrected chi connectivity index (χ2v) is 5.20. The topological polar surface area (TPSA) is 84.1 Å². The average Bonchev–Trinajstić information content (AvgIpc) is 2.45. The van der Waals surface area contributed by atoms with Crippen LogP contribution in [0.15, 0.2) is 41.1 Å². The highest BCUT2D eigenvalue weighted by Gasteiger charge is 2.27. The van der Waals surface area contributed by atoms with E-state index in [1.165, 1.54) is 6.33 Å². The molecule has 0 fully saturated rings. The third-order valence-corrected chi connectivity index (χ3v) is 3.72. The summed E-state index contributed by atoms with van der Waals surface area (Å²) in [4.78, 5) is 8.02. The maximum atomic E-state index is 9.71. The first-order valence-electron chi connectivity index (χ1n) is 5.77. The third-order valence-electron chi connectivity index (χ3n) is 2.94. The Bertz CT molecular complexity index is 564. The van der Waals surface area contributed by atoms with Crippen molar-refractivity contribution >= 4 is 27.6 Å². The summed E-state index contributed by atoms with van der Waals surface area (Å²) in [6.07, 6.45) is 1.38. The first-order valence-corrected chi connectivity index (χ1v) is 6.56. The highest BCUT2D eigenvalue weighted by molar-refractivity contribution is 9.10. The molecule has 0 aliphatic heterocycles. The Labute approximate surface area is 120 Å². The minimum Gasteiger partial charge on any atom is -0.394 e. The van der Waals surface area contributed by atoms with Gasteiger partial charge in [-0.15, -0.1) is 0 Å². The van der Waals surface area contributed by atoms with Crippen LogP contribution in [0.25, 0.3) is 0 Å². The lowest BCUT2D eigenvalue weighted by Crippen LogP contribution is -2.36. The number of nitrogens with two attached hydrogens (primary N) is 1. The fourth-order valence-corrected chi connectivity index (χ4v) is 2.04. The van der Waals surface area contributed by atoms with Crippen LogP contribution < -0.4 is 11.1 Å². The molecule has 0 aliphatic carbocycles. The second kappa shape index (κ2) is 5.54. The molecule has 0 aliphatic rings. The number of anilines is 2. The molecular weight excluding hydrogens is 308 g/mol. The van der Waals surface area contributed by atoms with E-state index in [4.69, 9.17) is 5.73 Å². The van der Waals surface area contributed by atoms with Gasteiger partial charge in [0.2, 0.25) is 0 Å². The van der Waals surface area contributed by atoms with Crippen molar-refractivity contribution in [1.82, 2.24) is 9.97 Å². The van der Waals surface area contributed by atoms with Crippen molar-refractivity contribution in [3.05, 3.63) is 46.7 Å². The van der Waals surface area contributed by atoms with Gasteiger partial charge >= 0.3 is 0 Å². The van der Waals surface area contributed by atoms with E-state index in [1.54, 1.807) is 0 Å². The van der Waals surface area contributed by atoms with Crippen molar-refractivity contribution < 1.29 is 5.11 Å². The van der Waals surface area contributed by atoms with Gasteiger partial charge in [0.05, 0.1) is 12.1 Å². The number of nitrogens with one attached hydrogen (secondary N) is 1. The number of halogens is 1. The normalized spacial score (nSPS) is 13.8. The lowest BCUT2D eigenvalue weighted by Gasteiger charge is -2.30. The van der Waals surface area contributed by atoms with E-state index < -0.39 is 5.54 Å². The Morgan fingerprint density at radius 3 is 2.63 bits per heavy atom. The average molecular weight is 323 g/mol. The van der Waals surface area contributed by atoms with Crippen molar-refractivity contribution in [3.8, 4) is 0 Å². The van der Waals surface area contributed by atoms with Gasteiger partial charge in [-0.05, 0) is 28.4 Å². The van der Waals surface area contributed by atoms with Crippen LogP contribution in [0.2, 0.25) is 0 Å². The maximum Gasteiger partial charge on any atom is 0.146 e. The molecule has 2 rings (SSSR count). The first-order chi connectivity index (χ1) is 9.07. The summed E-state index contributed by atoms with van der Waals surface area (Å²) in [5, 5.41) is 12.9. The molecule has 0 radical (unpaired) electrons. The number of aromatic nitrogens is 2. The number of hydrogen-bond donors (Lipinski definition) is 3. The molecule has 1 heterocycles. The molecule has 0 amide bonds. The summed E-state index contributed by atoms with van der Waals surface area (Å²) in [5.41, 5.74) is 6.03. The summed E-state index contributed by atoms with van der Waals surface area (Å²) < 4.78 is 0.589. The Balaban J connectivity index is 2.36. The van der Waals surface area contributed by atoms with Crippen LogP contribution in [0.1, 0.15) is 12.5 Å². The third kappa shape index (κ3) is 2.85. The summed E-state index contributed by atoms with van der Waals surface area (Å²) in [7, 11) is 0. The fraction of sp³-hybridized carbons (Fsp3) is 0.231. The van der Waals surface area contributed by atoms with Crippen molar-refractivity contribution in [3.63, 3.8) is 0 Å². The van der Waals surface area contributed by atoms with Gasteiger partial charge in [-0.2, -0.15) is 0 Å². The molecule has 0 bridgehead atoms. The van der Waals surface area contributed by atoms with Crippen LogP contribution in [0.4, 0.5) is 11.6 Å². The molecule has 2 aromatic rings. The SMILES string of the molecule is CC(CO)(Nc1ncnc(N)c1Br)c1ccccc1. The quantitative estimate of drug-likeness (QED) is 0.803. The van der Waals surface area contributed by atoms with Crippen molar-refractivity contribution in [1.29, 1.82) is 0 Å². The number of nitrogens with zero attached hydrogens (tertiary/aromatic N) is 2. The van der Waals surface area contributed by atoms with Gasteiger partial charge in [-0.1, -0.05) is 30.3 Å². The predicted octanol–water partition coefficient (Wildman–Crippen LogP) is 2.14. The highest BCUT2D eigenvalue weighted by Crippen LogP contribution is 2.30. The van der Waals surface area contributed by atoms with Gasteiger partial charge in [-0.3, -0.25) is 0 Å².